The van der Waals surface area contributed by atoms with Crippen LogP contribution in [0.4, 0.5) is 10.1 Å². The first-order chi connectivity index (χ1) is 8.49. The van der Waals surface area contributed by atoms with E-state index in [4.69, 9.17) is 18.0 Å². The Hall–Kier alpha value is -1.16. The Bertz CT molecular complexity index is 459. The van der Waals surface area contributed by atoms with Gasteiger partial charge in [-0.25, -0.2) is 4.39 Å². The molecule has 2 nitrogen and oxygen atoms in total. The van der Waals surface area contributed by atoms with Crippen molar-refractivity contribution in [1.29, 1.82) is 0 Å². The highest BCUT2D eigenvalue weighted by atomic mass is 32.1. The minimum absolute atomic E-state index is 0.112. The Morgan fingerprint density at radius 1 is 1.50 bits per heavy atom. The molecule has 0 aromatic heterocycles. The van der Waals surface area contributed by atoms with Gasteiger partial charge < -0.3 is 10.6 Å². The zero-order valence-corrected chi connectivity index (χ0v) is 11.6. The van der Waals surface area contributed by atoms with Crippen LogP contribution in [0.1, 0.15) is 25.8 Å². The molecule has 0 radical (unpaired) electrons. The lowest BCUT2D eigenvalue weighted by atomic mass is 9.95. The lowest BCUT2D eigenvalue weighted by molar-refractivity contribution is 0.422. The molecule has 1 atom stereocenters. The fourth-order valence-electron chi connectivity index (χ4n) is 2.47. The third kappa shape index (κ3) is 2.64. The van der Waals surface area contributed by atoms with Crippen molar-refractivity contribution >= 4 is 22.9 Å². The van der Waals surface area contributed by atoms with E-state index in [9.17, 15) is 4.39 Å². The third-order valence-electron chi connectivity index (χ3n) is 3.75. The summed E-state index contributed by atoms with van der Waals surface area (Å²) in [4.78, 5) is 2.34. The Morgan fingerprint density at radius 3 is 2.72 bits per heavy atom. The maximum absolute atomic E-state index is 13.8. The van der Waals surface area contributed by atoms with Crippen LogP contribution in [0.2, 0.25) is 0 Å². The van der Waals surface area contributed by atoms with Crippen LogP contribution in [0.3, 0.4) is 0 Å². The standard InChI is InChI=1S/C14H19FN2S/c1-9(2)10-5-6-17(8-10)11-3-4-12(14(16)18)13(15)7-11/h3-4,7,9-10H,5-6,8H2,1-2H3,(H2,16,18). The summed E-state index contributed by atoms with van der Waals surface area (Å²) < 4.78 is 13.8. The molecule has 18 heavy (non-hydrogen) atoms. The molecule has 0 amide bonds. The highest BCUT2D eigenvalue weighted by Gasteiger charge is 2.25. The van der Waals surface area contributed by atoms with Gasteiger partial charge in [0.2, 0.25) is 0 Å². The Labute approximate surface area is 113 Å². The molecule has 1 fully saturated rings. The van der Waals surface area contributed by atoms with Gasteiger partial charge in [0.25, 0.3) is 0 Å². The van der Waals surface area contributed by atoms with Crippen LogP contribution in [-0.4, -0.2) is 18.1 Å². The molecule has 1 saturated heterocycles. The molecule has 1 aliphatic rings. The number of benzene rings is 1. The monoisotopic (exact) mass is 266 g/mol. The van der Waals surface area contributed by atoms with E-state index in [2.05, 4.69) is 18.7 Å². The number of rotatable bonds is 3. The van der Waals surface area contributed by atoms with Crippen LogP contribution in [0.15, 0.2) is 18.2 Å². The normalized spacial score (nSPS) is 19.6. The average Bonchev–Trinajstić information content (AvgIpc) is 2.77. The summed E-state index contributed by atoms with van der Waals surface area (Å²) in [5, 5.41) is 0. The number of anilines is 1. The molecule has 1 heterocycles. The van der Waals surface area contributed by atoms with Gasteiger partial charge in [0.1, 0.15) is 10.8 Å². The molecule has 1 aromatic rings. The predicted octanol–water partition coefficient (Wildman–Crippen LogP) is 2.94. The quantitative estimate of drug-likeness (QED) is 0.853. The summed E-state index contributed by atoms with van der Waals surface area (Å²) in [6.45, 7) is 6.48. The first-order valence-corrected chi connectivity index (χ1v) is 6.74. The Kier molecular flexibility index (Phi) is 3.85. The molecule has 1 unspecified atom stereocenters. The lowest BCUT2D eigenvalue weighted by Gasteiger charge is -2.20. The number of hydrogen-bond donors (Lipinski definition) is 1. The van der Waals surface area contributed by atoms with E-state index < -0.39 is 0 Å². The highest BCUT2D eigenvalue weighted by Crippen LogP contribution is 2.29. The number of hydrogen-bond acceptors (Lipinski definition) is 2. The van der Waals surface area contributed by atoms with E-state index in [-0.39, 0.29) is 10.8 Å². The van der Waals surface area contributed by atoms with Crippen LogP contribution >= 0.6 is 12.2 Å². The smallest absolute Gasteiger partial charge is 0.135 e. The van der Waals surface area contributed by atoms with Gasteiger partial charge in [-0.2, -0.15) is 0 Å². The third-order valence-corrected chi connectivity index (χ3v) is 3.97. The fourth-order valence-corrected chi connectivity index (χ4v) is 2.63. The van der Waals surface area contributed by atoms with Gasteiger partial charge in [-0.15, -0.1) is 0 Å². The van der Waals surface area contributed by atoms with Crippen molar-refractivity contribution in [2.24, 2.45) is 17.6 Å². The van der Waals surface area contributed by atoms with Crippen molar-refractivity contribution in [3.05, 3.63) is 29.6 Å². The molecule has 0 bridgehead atoms. The zero-order chi connectivity index (χ0) is 13.3. The van der Waals surface area contributed by atoms with Crippen molar-refractivity contribution in [3.8, 4) is 0 Å². The Morgan fingerprint density at radius 2 is 2.22 bits per heavy atom. The van der Waals surface area contributed by atoms with Crippen molar-refractivity contribution in [2.75, 3.05) is 18.0 Å². The van der Waals surface area contributed by atoms with Crippen LogP contribution in [0, 0.1) is 17.7 Å². The molecule has 2 rings (SSSR count). The minimum Gasteiger partial charge on any atom is -0.389 e. The van der Waals surface area contributed by atoms with Gasteiger partial charge >= 0.3 is 0 Å². The maximum Gasteiger partial charge on any atom is 0.135 e. The predicted molar refractivity (Wildman–Crippen MR) is 77.4 cm³/mol. The number of nitrogens with zero attached hydrogens (tertiary/aromatic N) is 1. The summed E-state index contributed by atoms with van der Waals surface area (Å²) in [6.07, 6.45) is 1.18. The van der Waals surface area contributed by atoms with Gasteiger partial charge in [-0.1, -0.05) is 26.1 Å². The first-order valence-electron chi connectivity index (χ1n) is 6.33. The van der Waals surface area contributed by atoms with E-state index >= 15 is 0 Å². The van der Waals surface area contributed by atoms with Crippen molar-refractivity contribution < 1.29 is 4.39 Å². The van der Waals surface area contributed by atoms with Crippen LogP contribution in [0.25, 0.3) is 0 Å². The molecule has 1 aliphatic heterocycles. The van der Waals surface area contributed by atoms with Gasteiger partial charge in [0.05, 0.1) is 0 Å². The van der Waals surface area contributed by atoms with Crippen molar-refractivity contribution in [2.45, 2.75) is 20.3 Å². The molecule has 4 heteroatoms. The van der Waals surface area contributed by atoms with Gasteiger partial charge in [0.15, 0.2) is 0 Å². The van der Waals surface area contributed by atoms with Crippen molar-refractivity contribution in [1.82, 2.24) is 0 Å². The second kappa shape index (κ2) is 5.22. The second-order valence-corrected chi connectivity index (χ2v) is 5.71. The van der Waals surface area contributed by atoms with E-state index in [1.165, 1.54) is 12.5 Å². The lowest BCUT2D eigenvalue weighted by Crippen LogP contribution is -2.21. The minimum atomic E-state index is -0.326. The highest BCUT2D eigenvalue weighted by molar-refractivity contribution is 7.80. The summed E-state index contributed by atoms with van der Waals surface area (Å²) in [5.41, 5.74) is 6.71. The van der Waals surface area contributed by atoms with E-state index in [1.807, 2.05) is 6.07 Å². The van der Waals surface area contributed by atoms with Crippen LogP contribution in [-0.2, 0) is 0 Å². The molecule has 98 valence electrons. The Balaban J connectivity index is 2.16. The summed E-state index contributed by atoms with van der Waals surface area (Å²) in [5.74, 6) is 1.05. The molecule has 0 aliphatic carbocycles. The van der Waals surface area contributed by atoms with Gasteiger partial charge in [0, 0.05) is 24.3 Å². The zero-order valence-electron chi connectivity index (χ0n) is 10.8. The SMILES string of the molecule is CC(C)C1CCN(c2ccc(C(N)=S)c(F)c2)C1. The van der Waals surface area contributed by atoms with E-state index in [0.29, 0.717) is 17.4 Å². The number of thiocarbonyl (C=S) groups is 1. The number of nitrogens with two attached hydrogens (primary N) is 1. The fraction of sp³-hybridized carbons (Fsp3) is 0.500. The number of halogens is 1. The van der Waals surface area contributed by atoms with Gasteiger partial charge in [-0.3, -0.25) is 0 Å². The molecular weight excluding hydrogens is 247 g/mol. The largest absolute Gasteiger partial charge is 0.389 e. The maximum atomic E-state index is 13.8. The molecule has 1 aromatic carbocycles. The van der Waals surface area contributed by atoms with E-state index in [1.54, 1.807) is 6.07 Å². The summed E-state index contributed by atoms with van der Waals surface area (Å²) in [7, 11) is 0. The molecule has 2 N–H and O–H groups in total. The molecule has 0 saturated carbocycles. The molecule has 0 spiro atoms. The van der Waals surface area contributed by atoms with Crippen molar-refractivity contribution in [3.63, 3.8) is 0 Å². The van der Waals surface area contributed by atoms with Crippen LogP contribution < -0.4 is 10.6 Å². The topological polar surface area (TPSA) is 29.3 Å². The molecular formula is C14H19FN2S. The summed E-state index contributed by atoms with van der Waals surface area (Å²) >= 11 is 4.80. The van der Waals surface area contributed by atoms with E-state index in [0.717, 1.165) is 18.8 Å². The second-order valence-electron chi connectivity index (χ2n) is 5.27. The summed E-state index contributed by atoms with van der Waals surface area (Å²) in [6, 6.07) is 5.12. The van der Waals surface area contributed by atoms with Gasteiger partial charge in [-0.05, 0) is 36.5 Å². The van der Waals surface area contributed by atoms with Crippen LogP contribution in [0.5, 0.6) is 0 Å². The first kappa shape index (κ1) is 13.3. The average molecular weight is 266 g/mol.